The van der Waals surface area contributed by atoms with Crippen LogP contribution in [0, 0.1) is 5.92 Å². The molecule has 0 saturated heterocycles. The van der Waals surface area contributed by atoms with E-state index in [9.17, 15) is 0 Å². The monoisotopic (exact) mass is 438 g/mol. The second kappa shape index (κ2) is 7.49. The molecule has 0 radical (unpaired) electrons. The van der Waals surface area contributed by atoms with Crippen LogP contribution in [-0.4, -0.2) is 12.4 Å². The van der Waals surface area contributed by atoms with Gasteiger partial charge >= 0.3 is 0 Å². The summed E-state index contributed by atoms with van der Waals surface area (Å²) in [6.45, 7) is 11.4. The highest BCUT2D eigenvalue weighted by Gasteiger charge is 2.51. The van der Waals surface area contributed by atoms with Gasteiger partial charge in [0.15, 0.2) is 0 Å². The van der Waals surface area contributed by atoms with Crippen LogP contribution in [0.2, 0.25) is 5.04 Å². The van der Waals surface area contributed by atoms with Crippen molar-refractivity contribution in [3.8, 4) is 0 Å². The number of halogens is 1. The van der Waals surface area contributed by atoms with Crippen molar-refractivity contribution in [2.45, 2.75) is 43.8 Å². The normalized spacial score (nSPS) is 14.0. The van der Waals surface area contributed by atoms with Crippen LogP contribution >= 0.6 is 22.6 Å². The maximum Gasteiger partial charge on any atom is 0.262 e. The minimum absolute atomic E-state index is 0.0496. The Balaban J connectivity index is 2.69. The first-order chi connectivity index (χ1) is 10.8. The third kappa shape index (κ3) is 3.89. The molecule has 0 heterocycles. The van der Waals surface area contributed by atoms with E-state index in [1.165, 1.54) is 10.4 Å². The van der Waals surface area contributed by atoms with E-state index in [0.717, 1.165) is 0 Å². The Morgan fingerprint density at radius 1 is 0.826 bits per heavy atom. The van der Waals surface area contributed by atoms with Crippen molar-refractivity contribution < 1.29 is 4.43 Å². The Morgan fingerprint density at radius 2 is 1.22 bits per heavy atom. The van der Waals surface area contributed by atoms with Crippen LogP contribution in [0.1, 0.15) is 34.6 Å². The Morgan fingerprint density at radius 3 is 1.52 bits per heavy atom. The summed E-state index contributed by atoms with van der Waals surface area (Å²) in [6, 6.07) is 21.7. The van der Waals surface area contributed by atoms with Crippen LogP contribution in [0.3, 0.4) is 0 Å². The second-order valence-electron chi connectivity index (χ2n) is 7.38. The quantitative estimate of drug-likeness (QED) is 0.364. The van der Waals surface area contributed by atoms with Gasteiger partial charge in [-0.05, 0) is 21.3 Å². The predicted molar refractivity (Wildman–Crippen MR) is 111 cm³/mol. The molecule has 2 rings (SSSR count). The fourth-order valence-corrected chi connectivity index (χ4v) is 8.77. The Hall–Kier alpha value is -0.653. The van der Waals surface area contributed by atoms with Gasteiger partial charge in [0.2, 0.25) is 0 Å². The third-order valence-electron chi connectivity index (χ3n) is 4.23. The van der Waals surface area contributed by atoms with E-state index in [1.54, 1.807) is 0 Å². The van der Waals surface area contributed by atoms with Gasteiger partial charge in [0, 0.05) is 0 Å². The average molecular weight is 438 g/mol. The van der Waals surface area contributed by atoms with Crippen molar-refractivity contribution >= 4 is 41.3 Å². The molecule has 0 saturated carbocycles. The van der Waals surface area contributed by atoms with Gasteiger partial charge in [0.25, 0.3) is 8.32 Å². The molecule has 23 heavy (non-hydrogen) atoms. The number of hydrogen-bond acceptors (Lipinski definition) is 1. The molecule has 0 N–H and O–H groups in total. The molecule has 0 fully saturated rings. The maximum absolute atomic E-state index is 6.96. The molecule has 0 aliphatic heterocycles. The lowest BCUT2D eigenvalue weighted by molar-refractivity contribution is 0.236. The lowest BCUT2D eigenvalue weighted by atomic mass is 10.2. The largest absolute Gasteiger partial charge is 0.395 e. The molecule has 0 bridgehead atoms. The van der Waals surface area contributed by atoms with Crippen LogP contribution in [0.5, 0.6) is 0 Å². The molecule has 124 valence electrons. The van der Waals surface area contributed by atoms with Crippen molar-refractivity contribution in [1.29, 1.82) is 0 Å². The van der Waals surface area contributed by atoms with Gasteiger partial charge in [-0.2, -0.15) is 0 Å². The average Bonchev–Trinajstić information content (AvgIpc) is 2.52. The molecule has 3 heteroatoms. The summed E-state index contributed by atoms with van der Waals surface area (Å²) in [6.07, 6.45) is 0. The van der Waals surface area contributed by atoms with Crippen LogP contribution in [-0.2, 0) is 4.43 Å². The molecule has 0 aliphatic rings. The molecule has 0 unspecified atom stereocenters. The summed E-state index contributed by atoms with van der Waals surface area (Å²) < 4.78 is 7.16. The molecule has 1 nitrogen and oxygen atoms in total. The Labute approximate surface area is 155 Å². The summed E-state index contributed by atoms with van der Waals surface area (Å²) in [5.41, 5.74) is 0. The number of benzene rings is 2. The van der Waals surface area contributed by atoms with Gasteiger partial charge in [-0.25, -0.2) is 0 Å². The van der Waals surface area contributed by atoms with Crippen molar-refractivity contribution in [3.63, 3.8) is 0 Å². The van der Waals surface area contributed by atoms with Crippen molar-refractivity contribution in [2.24, 2.45) is 5.92 Å². The van der Waals surface area contributed by atoms with Crippen LogP contribution in [0.4, 0.5) is 0 Å². The van der Waals surface area contributed by atoms with Gasteiger partial charge in [-0.1, -0.05) is 118 Å². The number of rotatable bonds is 5. The van der Waals surface area contributed by atoms with Gasteiger partial charge < -0.3 is 4.43 Å². The Kier molecular flexibility index (Phi) is 6.08. The predicted octanol–water partition coefficient (Wildman–Crippen LogP) is 4.98. The lowest BCUT2D eigenvalue weighted by Crippen LogP contribution is -2.67. The molecule has 2 aromatic rings. The van der Waals surface area contributed by atoms with E-state index in [-0.39, 0.29) is 9.15 Å². The molecule has 0 aromatic heterocycles. The molecule has 0 aliphatic carbocycles. The standard InChI is InChI=1S/C20H27IOSi/c1-16(2)19(21)22-23(20(3,4)5,17-12-8-6-9-13-17)18-14-10-7-11-15-18/h6-16,19H,1-5H3/t19-/m0/s1. The molecule has 1 atom stereocenters. The fourth-order valence-electron chi connectivity index (χ4n) is 3.00. The van der Waals surface area contributed by atoms with Gasteiger partial charge in [-0.15, -0.1) is 0 Å². The van der Waals surface area contributed by atoms with Crippen LogP contribution in [0.25, 0.3) is 0 Å². The van der Waals surface area contributed by atoms with Gasteiger partial charge in [-0.3, -0.25) is 0 Å². The number of alkyl halides is 1. The maximum atomic E-state index is 6.96. The highest BCUT2D eigenvalue weighted by Crippen LogP contribution is 2.39. The fraction of sp³-hybridized carbons (Fsp3) is 0.400. The van der Waals surface area contributed by atoms with E-state index < -0.39 is 8.32 Å². The van der Waals surface area contributed by atoms with Crippen LogP contribution in [0.15, 0.2) is 60.7 Å². The zero-order valence-electron chi connectivity index (χ0n) is 14.7. The zero-order chi connectivity index (χ0) is 17.1. The zero-order valence-corrected chi connectivity index (χ0v) is 17.9. The van der Waals surface area contributed by atoms with Crippen molar-refractivity contribution in [3.05, 3.63) is 60.7 Å². The summed E-state index contributed by atoms with van der Waals surface area (Å²) in [7, 11) is -2.38. The first-order valence-electron chi connectivity index (χ1n) is 8.22. The van der Waals surface area contributed by atoms with Crippen LogP contribution < -0.4 is 10.4 Å². The topological polar surface area (TPSA) is 9.23 Å². The first-order valence-corrected chi connectivity index (χ1v) is 11.4. The summed E-state index contributed by atoms with van der Waals surface area (Å²) in [5, 5.41) is 2.75. The van der Waals surface area contributed by atoms with E-state index >= 15 is 0 Å². The minimum atomic E-state index is -2.38. The van der Waals surface area contributed by atoms with Gasteiger partial charge in [0.05, 0.1) is 0 Å². The molecular formula is C20H27IOSi. The van der Waals surface area contributed by atoms with Gasteiger partial charge in [0.1, 0.15) is 4.11 Å². The molecular weight excluding hydrogens is 411 g/mol. The van der Waals surface area contributed by atoms with E-state index in [2.05, 4.69) is 118 Å². The van der Waals surface area contributed by atoms with Crippen molar-refractivity contribution in [2.75, 3.05) is 0 Å². The van der Waals surface area contributed by atoms with Crippen molar-refractivity contribution in [1.82, 2.24) is 0 Å². The summed E-state index contributed by atoms with van der Waals surface area (Å²) >= 11 is 2.46. The molecule has 2 aromatic carbocycles. The van der Waals surface area contributed by atoms with E-state index in [4.69, 9.17) is 4.43 Å². The highest BCUT2D eigenvalue weighted by atomic mass is 127. The summed E-state index contributed by atoms with van der Waals surface area (Å²) in [4.78, 5) is 0. The van der Waals surface area contributed by atoms with E-state index in [0.29, 0.717) is 5.92 Å². The first kappa shape index (κ1) is 18.7. The minimum Gasteiger partial charge on any atom is -0.395 e. The molecule has 0 spiro atoms. The van der Waals surface area contributed by atoms with E-state index in [1.807, 2.05) is 0 Å². The molecule has 0 amide bonds. The smallest absolute Gasteiger partial charge is 0.262 e. The lowest BCUT2D eigenvalue weighted by Gasteiger charge is -2.44. The SMILES string of the molecule is CC(C)[C@@H](I)O[Si](c1ccccc1)(c1ccccc1)C(C)(C)C. The summed E-state index contributed by atoms with van der Waals surface area (Å²) in [5.74, 6) is 0.484. The Bertz CT molecular complexity index is 565. The second-order valence-corrected chi connectivity index (χ2v) is 12.9. The third-order valence-corrected chi connectivity index (χ3v) is 11.4. The highest BCUT2D eigenvalue weighted by molar-refractivity contribution is 14.1. The number of hydrogen-bond donors (Lipinski definition) is 0.